The maximum atomic E-state index is 6.02. The van der Waals surface area contributed by atoms with Gasteiger partial charge in [-0.05, 0) is 41.0 Å². The second kappa shape index (κ2) is 6.85. The van der Waals surface area contributed by atoms with Gasteiger partial charge < -0.3 is 9.47 Å². The minimum Gasteiger partial charge on any atom is -0.496 e. The molecule has 1 spiro atoms. The smallest absolute Gasteiger partial charge is 0.124 e. The number of benzene rings is 3. The van der Waals surface area contributed by atoms with Gasteiger partial charge in [0, 0.05) is 37.5 Å². The third-order valence-electron chi connectivity index (χ3n) is 7.09. The average molecular weight is 536 g/mol. The first-order valence-electron chi connectivity index (χ1n) is 10.3. The number of hydrogen-bond acceptors (Lipinski definition) is 2. The van der Waals surface area contributed by atoms with Crippen molar-refractivity contribution in [1.82, 2.24) is 0 Å². The summed E-state index contributed by atoms with van der Waals surface area (Å²) in [7, 11) is 3.53. The Balaban J connectivity index is 1.87. The fourth-order valence-electron chi connectivity index (χ4n) is 6.11. The van der Waals surface area contributed by atoms with Gasteiger partial charge in [-0.3, -0.25) is 0 Å². The Morgan fingerprint density at radius 3 is 2.23 bits per heavy atom. The fourth-order valence-corrected chi connectivity index (χ4v) is 7.25. The quantitative estimate of drug-likeness (QED) is 0.340. The molecule has 0 saturated carbocycles. The Bertz CT molecular complexity index is 1310. The van der Waals surface area contributed by atoms with Crippen LogP contribution in [-0.2, 0) is 5.41 Å². The predicted molar refractivity (Wildman–Crippen MR) is 131 cm³/mol. The third-order valence-corrected chi connectivity index (χ3v) is 8.44. The molecule has 3 aromatic rings. The number of methoxy groups -OCH3 is 2. The molecule has 0 amide bonds. The molecule has 2 nitrogen and oxygen atoms in total. The van der Waals surface area contributed by atoms with Gasteiger partial charge in [0.05, 0.1) is 19.6 Å². The normalized spacial score (nSPS) is 24.0. The average Bonchev–Trinajstić information content (AvgIpc) is 3.29. The Kier molecular flexibility index (Phi) is 4.28. The van der Waals surface area contributed by atoms with E-state index in [1.165, 1.54) is 33.4 Å². The van der Waals surface area contributed by atoms with Gasteiger partial charge in [-0.1, -0.05) is 80.4 Å². The molecule has 0 aromatic heterocycles. The molecular formula is C27H20Br2O2. The van der Waals surface area contributed by atoms with Crippen LogP contribution in [0.2, 0.25) is 0 Å². The van der Waals surface area contributed by atoms with Crippen LogP contribution < -0.4 is 9.47 Å². The first kappa shape index (κ1) is 19.4. The minimum absolute atomic E-state index is 0.214. The summed E-state index contributed by atoms with van der Waals surface area (Å²) in [6.45, 7) is 0. The van der Waals surface area contributed by atoms with E-state index in [0.29, 0.717) is 0 Å². The molecule has 0 radical (unpaired) electrons. The molecule has 0 N–H and O–H groups in total. The number of fused-ring (bicyclic) bond motifs is 10. The summed E-state index contributed by atoms with van der Waals surface area (Å²) in [5, 5.41) is 0. The van der Waals surface area contributed by atoms with Crippen molar-refractivity contribution in [3.05, 3.63) is 104 Å². The summed E-state index contributed by atoms with van der Waals surface area (Å²) < 4.78 is 14.2. The molecule has 3 aromatic carbocycles. The lowest BCUT2D eigenvalue weighted by Gasteiger charge is -2.37. The zero-order chi connectivity index (χ0) is 21.3. The van der Waals surface area contributed by atoms with E-state index in [-0.39, 0.29) is 11.8 Å². The minimum atomic E-state index is -0.405. The second-order valence-corrected chi connectivity index (χ2v) is 9.92. The molecule has 31 heavy (non-hydrogen) atoms. The summed E-state index contributed by atoms with van der Waals surface area (Å²) in [5.41, 5.74) is 7.12. The van der Waals surface area contributed by atoms with Crippen LogP contribution in [0.25, 0.3) is 11.1 Å². The molecule has 3 aliphatic rings. The van der Waals surface area contributed by atoms with E-state index in [9.17, 15) is 0 Å². The Morgan fingerprint density at radius 1 is 0.774 bits per heavy atom. The van der Waals surface area contributed by atoms with E-state index in [4.69, 9.17) is 9.47 Å². The van der Waals surface area contributed by atoms with Crippen molar-refractivity contribution >= 4 is 31.9 Å². The fraction of sp³-hybridized carbons (Fsp3) is 0.185. The van der Waals surface area contributed by atoms with Crippen molar-refractivity contribution in [1.29, 1.82) is 0 Å². The molecule has 0 saturated heterocycles. The van der Waals surface area contributed by atoms with E-state index in [1.807, 2.05) is 0 Å². The topological polar surface area (TPSA) is 18.5 Å². The van der Waals surface area contributed by atoms with Crippen molar-refractivity contribution in [3.8, 4) is 22.6 Å². The summed E-state index contributed by atoms with van der Waals surface area (Å²) in [4.78, 5) is 0. The van der Waals surface area contributed by atoms with Gasteiger partial charge in [0.1, 0.15) is 11.5 Å². The highest BCUT2D eigenvalue weighted by molar-refractivity contribution is 9.10. The lowest BCUT2D eigenvalue weighted by Crippen LogP contribution is -2.33. The number of halogens is 2. The Hall–Kier alpha value is -2.30. The first-order chi connectivity index (χ1) is 15.1. The highest BCUT2D eigenvalue weighted by Gasteiger charge is 2.60. The standard InChI is InChI=1S/C27H20Br2O2/c1-30-21-13-11-19(28)23-15-7-3-5-9-17(15)27(25(21)23)18-10-6-4-8-16(18)24-20(29)12-14-22(31-2)26(24)27/h3-15,17H,1-2H3. The number of ether oxygens (including phenoxy) is 2. The van der Waals surface area contributed by atoms with Gasteiger partial charge >= 0.3 is 0 Å². The molecule has 4 heteroatoms. The predicted octanol–water partition coefficient (Wildman–Crippen LogP) is 7.38. The van der Waals surface area contributed by atoms with Crippen LogP contribution >= 0.6 is 31.9 Å². The van der Waals surface area contributed by atoms with Gasteiger partial charge in [-0.2, -0.15) is 0 Å². The van der Waals surface area contributed by atoms with Crippen LogP contribution in [0.1, 0.15) is 28.2 Å². The Morgan fingerprint density at radius 2 is 1.45 bits per heavy atom. The van der Waals surface area contributed by atoms with E-state index in [1.54, 1.807) is 14.2 Å². The summed E-state index contributed by atoms with van der Waals surface area (Å²) in [6, 6.07) is 17.1. The van der Waals surface area contributed by atoms with Crippen molar-refractivity contribution in [3.63, 3.8) is 0 Å². The molecule has 0 aliphatic heterocycles. The van der Waals surface area contributed by atoms with Crippen molar-refractivity contribution in [2.75, 3.05) is 14.2 Å². The number of rotatable bonds is 2. The van der Waals surface area contributed by atoms with Crippen LogP contribution in [0.5, 0.6) is 11.5 Å². The lowest BCUT2D eigenvalue weighted by atomic mass is 9.65. The molecule has 0 fully saturated rings. The monoisotopic (exact) mass is 534 g/mol. The van der Waals surface area contributed by atoms with Crippen molar-refractivity contribution in [2.24, 2.45) is 5.92 Å². The Labute approximate surface area is 198 Å². The largest absolute Gasteiger partial charge is 0.496 e. The van der Waals surface area contributed by atoms with Crippen molar-refractivity contribution in [2.45, 2.75) is 11.3 Å². The van der Waals surface area contributed by atoms with E-state index >= 15 is 0 Å². The van der Waals surface area contributed by atoms with E-state index in [0.717, 1.165) is 20.4 Å². The zero-order valence-electron chi connectivity index (χ0n) is 17.2. The van der Waals surface area contributed by atoms with Gasteiger partial charge in [-0.15, -0.1) is 0 Å². The lowest BCUT2D eigenvalue weighted by molar-refractivity contribution is 0.375. The van der Waals surface area contributed by atoms with Gasteiger partial charge in [0.2, 0.25) is 0 Å². The number of allylic oxidation sites excluding steroid dienone is 4. The van der Waals surface area contributed by atoms with Crippen LogP contribution in [-0.4, -0.2) is 14.2 Å². The first-order valence-corrected chi connectivity index (χ1v) is 11.9. The van der Waals surface area contributed by atoms with Gasteiger partial charge in [-0.25, -0.2) is 0 Å². The summed E-state index contributed by atoms with van der Waals surface area (Å²) >= 11 is 7.74. The number of hydrogen-bond donors (Lipinski definition) is 0. The summed E-state index contributed by atoms with van der Waals surface area (Å²) in [5.74, 6) is 2.28. The molecule has 0 heterocycles. The highest BCUT2D eigenvalue weighted by atomic mass is 79.9. The van der Waals surface area contributed by atoms with Gasteiger partial charge in [0.25, 0.3) is 0 Å². The third kappa shape index (κ3) is 2.27. The van der Waals surface area contributed by atoms with Crippen LogP contribution in [0, 0.1) is 5.92 Å². The summed E-state index contributed by atoms with van der Waals surface area (Å²) in [6.07, 6.45) is 9.03. The maximum Gasteiger partial charge on any atom is 0.124 e. The molecular weight excluding hydrogens is 516 g/mol. The SMILES string of the molecule is COc1ccc(Br)c2c1C1(c3ccccc3-2)c2c(OC)ccc(Br)c2C2C=CC=CC21. The highest BCUT2D eigenvalue weighted by Crippen LogP contribution is 2.69. The van der Waals surface area contributed by atoms with Gasteiger partial charge in [0.15, 0.2) is 0 Å². The van der Waals surface area contributed by atoms with Crippen molar-refractivity contribution < 1.29 is 9.47 Å². The molecule has 3 atom stereocenters. The molecule has 0 bridgehead atoms. The van der Waals surface area contributed by atoms with E-state index < -0.39 is 5.41 Å². The molecule has 154 valence electrons. The van der Waals surface area contributed by atoms with E-state index in [2.05, 4.69) is 105 Å². The maximum absolute atomic E-state index is 6.02. The van der Waals surface area contributed by atoms with Crippen LogP contribution in [0.4, 0.5) is 0 Å². The van der Waals surface area contributed by atoms with Crippen LogP contribution in [0.15, 0.2) is 81.8 Å². The zero-order valence-corrected chi connectivity index (χ0v) is 20.3. The van der Waals surface area contributed by atoms with Crippen LogP contribution in [0.3, 0.4) is 0 Å². The molecule has 6 rings (SSSR count). The second-order valence-electron chi connectivity index (χ2n) is 8.21. The molecule has 3 aliphatic carbocycles. The molecule has 3 unspecified atom stereocenters.